The maximum absolute atomic E-state index is 13.7. The SMILES string of the molecule is Cc1nc(C)c(C(=O)N(Cc2cccs2)C(C(=O)NC(C)(C)C)c2cccnc2)s1. The van der Waals surface area contributed by atoms with Crippen molar-refractivity contribution in [2.45, 2.75) is 52.7 Å². The van der Waals surface area contributed by atoms with Gasteiger partial charge in [-0.3, -0.25) is 14.6 Å². The van der Waals surface area contributed by atoms with E-state index >= 15 is 0 Å². The molecule has 3 rings (SSSR count). The molecule has 0 saturated carbocycles. The molecule has 0 spiro atoms. The number of rotatable bonds is 6. The molecule has 6 nitrogen and oxygen atoms in total. The highest BCUT2D eigenvalue weighted by molar-refractivity contribution is 7.13. The fourth-order valence-corrected chi connectivity index (χ4v) is 4.74. The molecule has 1 N–H and O–H groups in total. The molecule has 0 fully saturated rings. The third kappa shape index (κ3) is 5.31. The van der Waals surface area contributed by atoms with E-state index in [0.717, 1.165) is 9.88 Å². The van der Waals surface area contributed by atoms with Crippen LogP contribution in [0.4, 0.5) is 0 Å². The van der Waals surface area contributed by atoms with Crippen LogP contribution in [0.25, 0.3) is 0 Å². The molecular weight excluding hydrogens is 416 g/mol. The van der Waals surface area contributed by atoms with Gasteiger partial charge in [0.1, 0.15) is 10.9 Å². The Morgan fingerprint density at radius 3 is 2.50 bits per heavy atom. The number of carbonyl (C=O) groups is 2. The van der Waals surface area contributed by atoms with Gasteiger partial charge in [-0.05, 0) is 52.1 Å². The van der Waals surface area contributed by atoms with Crippen molar-refractivity contribution in [3.05, 3.63) is 68.1 Å². The lowest BCUT2D eigenvalue weighted by molar-refractivity contribution is -0.127. The fourth-order valence-electron chi connectivity index (χ4n) is 3.16. The zero-order valence-electron chi connectivity index (χ0n) is 17.8. The van der Waals surface area contributed by atoms with E-state index in [1.54, 1.807) is 34.7 Å². The average Bonchev–Trinajstić information content (AvgIpc) is 3.29. The first kappa shape index (κ1) is 22.1. The molecule has 0 radical (unpaired) electrons. The van der Waals surface area contributed by atoms with Crippen molar-refractivity contribution in [1.82, 2.24) is 20.2 Å². The third-order valence-electron chi connectivity index (χ3n) is 4.32. The monoisotopic (exact) mass is 442 g/mol. The average molecular weight is 443 g/mol. The van der Waals surface area contributed by atoms with E-state index < -0.39 is 11.6 Å². The Balaban J connectivity index is 2.09. The lowest BCUT2D eigenvalue weighted by atomic mass is 10.0. The van der Waals surface area contributed by atoms with Crippen LogP contribution >= 0.6 is 22.7 Å². The summed E-state index contributed by atoms with van der Waals surface area (Å²) in [5.41, 5.74) is 0.912. The standard InChI is InChI=1S/C22H26N4O2S2/c1-14-19(30-15(2)24-14)21(28)26(13-17-9-7-11-29-17)18(16-8-6-10-23-12-16)20(27)25-22(3,4)5/h6-12,18H,13H2,1-5H3,(H,25,27). The Bertz CT molecular complexity index is 1010. The van der Waals surface area contributed by atoms with Crippen LogP contribution in [0.1, 0.15) is 57.6 Å². The number of carbonyl (C=O) groups excluding carboxylic acids is 2. The van der Waals surface area contributed by atoms with Gasteiger partial charge in [0, 0.05) is 28.4 Å². The Hall–Kier alpha value is -2.58. The van der Waals surface area contributed by atoms with Crippen LogP contribution in [0.2, 0.25) is 0 Å². The number of thiazole rings is 1. The molecule has 30 heavy (non-hydrogen) atoms. The maximum atomic E-state index is 13.7. The van der Waals surface area contributed by atoms with Crippen LogP contribution in [0.3, 0.4) is 0 Å². The minimum absolute atomic E-state index is 0.204. The van der Waals surface area contributed by atoms with Gasteiger partial charge in [0.05, 0.1) is 17.2 Å². The number of thiophene rings is 1. The molecule has 0 saturated heterocycles. The van der Waals surface area contributed by atoms with Crippen LogP contribution in [0.5, 0.6) is 0 Å². The number of pyridine rings is 1. The largest absolute Gasteiger partial charge is 0.349 e. The topological polar surface area (TPSA) is 75.2 Å². The van der Waals surface area contributed by atoms with Gasteiger partial charge in [0.15, 0.2) is 0 Å². The molecule has 8 heteroatoms. The lowest BCUT2D eigenvalue weighted by Gasteiger charge is -2.33. The van der Waals surface area contributed by atoms with Gasteiger partial charge < -0.3 is 10.2 Å². The van der Waals surface area contributed by atoms with Gasteiger partial charge in [-0.1, -0.05) is 12.1 Å². The van der Waals surface area contributed by atoms with Crippen molar-refractivity contribution in [3.8, 4) is 0 Å². The van der Waals surface area contributed by atoms with Crippen molar-refractivity contribution < 1.29 is 9.59 Å². The molecule has 3 aromatic rings. The molecule has 0 aliphatic heterocycles. The summed E-state index contributed by atoms with van der Waals surface area (Å²) < 4.78 is 0. The summed E-state index contributed by atoms with van der Waals surface area (Å²) in [5, 5.41) is 5.82. The molecule has 0 aliphatic carbocycles. The minimum atomic E-state index is -0.811. The maximum Gasteiger partial charge on any atom is 0.267 e. The number of hydrogen-bond donors (Lipinski definition) is 1. The number of amides is 2. The van der Waals surface area contributed by atoms with Gasteiger partial charge in [-0.25, -0.2) is 4.98 Å². The van der Waals surface area contributed by atoms with Crippen LogP contribution < -0.4 is 5.32 Å². The zero-order chi connectivity index (χ0) is 21.9. The van der Waals surface area contributed by atoms with Gasteiger partial charge in [0.2, 0.25) is 5.91 Å². The van der Waals surface area contributed by atoms with Crippen LogP contribution in [0.15, 0.2) is 42.0 Å². The molecule has 0 aliphatic rings. The van der Waals surface area contributed by atoms with Crippen molar-refractivity contribution in [1.29, 1.82) is 0 Å². The van der Waals surface area contributed by atoms with E-state index in [1.807, 2.05) is 58.2 Å². The number of aryl methyl sites for hydroxylation is 2. The first-order valence-electron chi connectivity index (χ1n) is 9.65. The molecule has 3 heterocycles. The Morgan fingerprint density at radius 1 is 1.20 bits per heavy atom. The number of hydrogen-bond acceptors (Lipinski definition) is 6. The summed E-state index contributed by atoms with van der Waals surface area (Å²) >= 11 is 2.91. The molecule has 0 bridgehead atoms. The second kappa shape index (κ2) is 9.06. The number of aromatic nitrogens is 2. The third-order valence-corrected chi connectivity index (χ3v) is 6.25. The summed E-state index contributed by atoms with van der Waals surface area (Å²) in [7, 11) is 0. The fraction of sp³-hybridized carbons (Fsp3) is 0.364. The smallest absolute Gasteiger partial charge is 0.267 e. The van der Waals surface area contributed by atoms with Crippen molar-refractivity contribution in [2.75, 3.05) is 0 Å². The predicted molar refractivity (Wildman–Crippen MR) is 121 cm³/mol. The molecule has 158 valence electrons. The predicted octanol–water partition coefficient (Wildman–Crippen LogP) is 4.51. The van der Waals surface area contributed by atoms with E-state index in [2.05, 4.69) is 15.3 Å². The van der Waals surface area contributed by atoms with Gasteiger partial charge >= 0.3 is 0 Å². The summed E-state index contributed by atoms with van der Waals surface area (Å²) in [6.07, 6.45) is 3.30. The van der Waals surface area contributed by atoms with Gasteiger partial charge in [-0.2, -0.15) is 0 Å². The van der Waals surface area contributed by atoms with E-state index in [-0.39, 0.29) is 11.8 Å². The van der Waals surface area contributed by atoms with E-state index in [9.17, 15) is 9.59 Å². The van der Waals surface area contributed by atoms with Gasteiger partial charge in [-0.15, -0.1) is 22.7 Å². The molecule has 0 aromatic carbocycles. The van der Waals surface area contributed by atoms with Gasteiger partial charge in [0.25, 0.3) is 5.91 Å². The second-order valence-electron chi connectivity index (χ2n) is 8.09. The highest BCUT2D eigenvalue weighted by Gasteiger charge is 2.35. The first-order chi connectivity index (χ1) is 14.2. The summed E-state index contributed by atoms with van der Waals surface area (Å²) in [5.74, 6) is -0.441. The van der Waals surface area contributed by atoms with Crippen LogP contribution in [-0.4, -0.2) is 32.2 Å². The lowest BCUT2D eigenvalue weighted by Crippen LogP contribution is -2.49. The summed E-state index contributed by atoms with van der Waals surface area (Å²) in [4.78, 5) is 38.9. The summed E-state index contributed by atoms with van der Waals surface area (Å²) in [6, 6.07) is 6.72. The second-order valence-corrected chi connectivity index (χ2v) is 10.3. The molecular formula is C22H26N4O2S2. The minimum Gasteiger partial charge on any atom is -0.349 e. The molecule has 2 amide bonds. The Labute approximate surface area is 185 Å². The number of nitrogens with zero attached hydrogens (tertiary/aromatic N) is 3. The van der Waals surface area contributed by atoms with E-state index in [1.165, 1.54) is 11.3 Å². The van der Waals surface area contributed by atoms with E-state index in [0.29, 0.717) is 22.7 Å². The molecule has 1 atom stereocenters. The van der Waals surface area contributed by atoms with Crippen molar-refractivity contribution in [2.24, 2.45) is 0 Å². The highest BCUT2D eigenvalue weighted by Crippen LogP contribution is 2.29. The zero-order valence-corrected chi connectivity index (χ0v) is 19.4. The highest BCUT2D eigenvalue weighted by atomic mass is 32.1. The van der Waals surface area contributed by atoms with Crippen molar-refractivity contribution in [3.63, 3.8) is 0 Å². The van der Waals surface area contributed by atoms with Crippen LogP contribution in [0, 0.1) is 13.8 Å². The molecule has 3 aromatic heterocycles. The van der Waals surface area contributed by atoms with Crippen molar-refractivity contribution >= 4 is 34.5 Å². The first-order valence-corrected chi connectivity index (χ1v) is 11.3. The Kier molecular flexibility index (Phi) is 6.67. The summed E-state index contributed by atoms with van der Waals surface area (Å²) in [6.45, 7) is 9.80. The van der Waals surface area contributed by atoms with Crippen LogP contribution in [-0.2, 0) is 11.3 Å². The molecule has 1 unspecified atom stereocenters. The van der Waals surface area contributed by atoms with E-state index in [4.69, 9.17) is 0 Å². The number of nitrogens with one attached hydrogen (secondary N) is 1. The quantitative estimate of drug-likeness (QED) is 0.609. The Morgan fingerprint density at radius 2 is 1.97 bits per heavy atom. The normalized spacial score (nSPS) is 12.4.